The van der Waals surface area contributed by atoms with Crippen LogP contribution in [0.5, 0.6) is 0 Å². The highest BCUT2D eigenvalue weighted by molar-refractivity contribution is 6.07. The SMILES string of the molecule is Cc1cccc(N(CCC(N)=O)C(=O)c2cc3ccccc3oc2=O)c1. The number of para-hydroxylation sites is 1. The van der Waals surface area contributed by atoms with Crippen LogP contribution >= 0.6 is 0 Å². The second-order valence-electron chi connectivity index (χ2n) is 6.00. The minimum atomic E-state index is -0.717. The second-order valence-corrected chi connectivity index (χ2v) is 6.00. The van der Waals surface area contributed by atoms with Gasteiger partial charge in [-0.2, -0.15) is 0 Å². The van der Waals surface area contributed by atoms with Crippen molar-refractivity contribution in [3.63, 3.8) is 0 Å². The van der Waals surface area contributed by atoms with E-state index in [1.165, 1.54) is 11.0 Å². The normalized spacial score (nSPS) is 10.7. The Hall–Kier alpha value is -3.41. The lowest BCUT2D eigenvalue weighted by atomic mass is 10.1. The minimum Gasteiger partial charge on any atom is -0.422 e. The zero-order chi connectivity index (χ0) is 18.7. The maximum atomic E-state index is 13.0. The monoisotopic (exact) mass is 350 g/mol. The lowest BCUT2D eigenvalue weighted by Gasteiger charge is -2.22. The van der Waals surface area contributed by atoms with Crippen LogP contribution in [0.25, 0.3) is 11.0 Å². The molecule has 0 aliphatic carbocycles. The van der Waals surface area contributed by atoms with E-state index in [9.17, 15) is 14.4 Å². The first-order valence-electron chi connectivity index (χ1n) is 8.15. The number of carbonyl (C=O) groups excluding carboxylic acids is 2. The van der Waals surface area contributed by atoms with Crippen molar-refractivity contribution in [2.45, 2.75) is 13.3 Å². The topological polar surface area (TPSA) is 93.6 Å². The van der Waals surface area contributed by atoms with Crippen molar-refractivity contribution in [1.82, 2.24) is 0 Å². The number of fused-ring (bicyclic) bond motifs is 1. The molecule has 0 atom stereocenters. The number of aryl methyl sites for hydroxylation is 1. The van der Waals surface area contributed by atoms with Gasteiger partial charge in [-0.1, -0.05) is 30.3 Å². The molecule has 2 N–H and O–H groups in total. The molecule has 3 aromatic rings. The van der Waals surface area contributed by atoms with Crippen LogP contribution in [0.15, 0.2) is 63.8 Å². The molecular formula is C20H18N2O4. The van der Waals surface area contributed by atoms with Crippen molar-refractivity contribution in [3.8, 4) is 0 Å². The van der Waals surface area contributed by atoms with E-state index in [0.29, 0.717) is 16.7 Å². The van der Waals surface area contributed by atoms with Gasteiger partial charge in [-0.15, -0.1) is 0 Å². The van der Waals surface area contributed by atoms with Crippen LogP contribution < -0.4 is 16.3 Å². The fraction of sp³-hybridized carbons (Fsp3) is 0.150. The summed E-state index contributed by atoms with van der Waals surface area (Å²) in [5, 5.41) is 0.648. The van der Waals surface area contributed by atoms with E-state index in [-0.39, 0.29) is 18.5 Å². The van der Waals surface area contributed by atoms with Crippen LogP contribution in [0.3, 0.4) is 0 Å². The number of carbonyl (C=O) groups is 2. The van der Waals surface area contributed by atoms with E-state index >= 15 is 0 Å². The molecule has 0 aliphatic rings. The molecule has 3 rings (SSSR count). The Bertz CT molecular complexity index is 1040. The quantitative estimate of drug-likeness (QED) is 0.716. The number of primary amides is 1. The summed E-state index contributed by atoms with van der Waals surface area (Å²) in [7, 11) is 0. The summed E-state index contributed by atoms with van der Waals surface area (Å²) in [6, 6.07) is 15.7. The summed E-state index contributed by atoms with van der Waals surface area (Å²) in [5.41, 5.74) is 6.38. The average Bonchev–Trinajstić information content (AvgIpc) is 2.61. The predicted octanol–water partition coefficient (Wildman–Crippen LogP) is 2.62. The number of benzene rings is 2. The van der Waals surface area contributed by atoms with Gasteiger partial charge < -0.3 is 15.1 Å². The van der Waals surface area contributed by atoms with Gasteiger partial charge in [0, 0.05) is 24.0 Å². The summed E-state index contributed by atoms with van der Waals surface area (Å²) >= 11 is 0. The molecule has 132 valence electrons. The first kappa shape index (κ1) is 17.4. The van der Waals surface area contributed by atoms with Gasteiger partial charge in [0.2, 0.25) is 5.91 Å². The van der Waals surface area contributed by atoms with E-state index in [1.807, 2.05) is 19.1 Å². The molecule has 0 bridgehead atoms. The molecule has 26 heavy (non-hydrogen) atoms. The Kier molecular flexibility index (Phi) is 4.84. The average molecular weight is 350 g/mol. The van der Waals surface area contributed by atoms with Gasteiger partial charge in [0.05, 0.1) is 0 Å². The highest BCUT2D eigenvalue weighted by Gasteiger charge is 2.22. The molecule has 1 aromatic heterocycles. The summed E-state index contributed by atoms with van der Waals surface area (Å²) in [6.45, 7) is 1.97. The summed E-state index contributed by atoms with van der Waals surface area (Å²) in [6.07, 6.45) is -0.0153. The van der Waals surface area contributed by atoms with Gasteiger partial charge >= 0.3 is 5.63 Å². The maximum absolute atomic E-state index is 13.0. The Morgan fingerprint density at radius 1 is 1.08 bits per heavy atom. The summed E-state index contributed by atoms with van der Waals surface area (Å²) in [4.78, 5) is 37.9. The largest absolute Gasteiger partial charge is 0.422 e. The van der Waals surface area contributed by atoms with Crippen molar-refractivity contribution < 1.29 is 14.0 Å². The molecule has 0 fully saturated rings. The fourth-order valence-electron chi connectivity index (χ4n) is 2.72. The fourth-order valence-corrected chi connectivity index (χ4v) is 2.72. The van der Waals surface area contributed by atoms with Crippen molar-refractivity contribution in [2.75, 3.05) is 11.4 Å². The molecule has 0 saturated carbocycles. The number of anilines is 1. The van der Waals surface area contributed by atoms with E-state index < -0.39 is 17.4 Å². The number of hydrogen-bond acceptors (Lipinski definition) is 4. The third-order valence-electron chi connectivity index (χ3n) is 4.01. The van der Waals surface area contributed by atoms with E-state index in [1.54, 1.807) is 36.4 Å². The molecule has 6 heteroatoms. The van der Waals surface area contributed by atoms with Crippen molar-refractivity contribution in [2.24, 2.45) is 5.73 Å². The lowest BCUT2D eigenvalue weighted by Crippen LogP contribution is -2.36. The van der Waals surface area contributed by atoms with Gasteiger partial charge in [0.15, 0.2) is 0 Å². The molecular weight excluding hydrogens is 332 g/mol. The molecule has 0 saturated heterocycles. The molecule has 0 spiro atoms. The standard InChI is InChI=1S/C20H18N2O4/c1-13-5-4-7-15(11-13)22(10-9-18(21)23)19(24)16-12-14-6-2-3-8-17(14)26-20(16)25/h2-8,11-12H,9-10H2,1H3,(H2,21,23). The predicted molar refractivity (Wildman–Crippen MR) is 99.2 cm³/mol. The molecule has 2 amide bonds. The third kappa shape index (κ3) is 3.64. The van der Waals surface area contributed by atoms with Crippen LogP contribution in [-0.4, -0.2) is 18.4 Å². The molecule has 2 aromatic carbocycles. The summed E-state index contributed by atoms with van der Waals surface area (Å²) < 4.78 is 5.25. The van der Waals surface area contributed by atoms with E-state index in [2.05, 4.69) is 0 Å². The van der Waals surface area contributed by atoms with Crippen molar-refractivity contribution in [1.29, 1.82) is 0 Å². The van der Waals surface area contributed by atoms with Crippen molar-refractivity contribution in [3.05, 3.63) is 76.1 Å². The highest BCUT2D eigenvalue weighted by Crippen LogP contribution is 2.20. The number of hydrogen-bond donors (Lipinski definition) is 1. The molecule has 1 heterocycles. The zero-order valence-corrected chi connectivity index (χ0v) is 14.3. The summed E-state index contributed by atoms with van der Waals surface area (Å²) in [5.74, 6) is -1.06. The van der Waals surface area contributed by atoms with Gasteiger partial charge in [-0.3, -0.25) is 9.59 Å². The smallest absolute Gasteiger partial charge is 0.349 e. The van der Waals surface area contributed by atoms with Crippen LogP contribution in [0.1, 0.15) is 22.3 Å². The van der Waals surface area contributed by atoms with E-state index in [0.717, 1.165) is 5.56 Å². The molecule has 6 nitrogen and oxygen atoms in total. The number of rotatable bonds is 5. The number of amides is 2. The van der Waals surface area contributed by atoms with Crippen LogP contribution in [0, 0.1) is 6.92 Å². The van der Waals surface area contributed by atoms with Gasteiger partial charge in [0.1, 0.15) is 11.1 Å². The van der Waals surface area contributed by atoms with Gasteiger partial charge in [-0.25, -0.2) is 4.79 Å². The van der Waals surface area contributed by atoms with Gasteiger partial charge in [-0.05, 0) is 36.8 Å². The van der Waals surface area contributed by atoms with Crippen molar-refractivity contribution >= 4 is 28.5 Å². The Balaban J connectivity index is 2.05. The first-order chi connectivity index (χ1) is 12.5. The first-order valence-corrected chi connectivity index (χ1v) is 8.15. The van der Waals surface area contributed by atoms with Crippen LogP contribution in [0.2, 0.25) is 0 Å². The molecule has 0 aliphatic heterocycles. The second kappa shape index (κ2) is 7.23. The lowest BCUT2D eigenvalue weighted by molar-refractivity contribution is -0.117. The molecule has 0 radical (unpaired) electrons. The third-order valence-corrected chi connectivity index (χ3v) is 4.01. The Labute approximate surface area is 149 Å². The van der Waals surface area contributed by atoms with Crippen LogP contribution in [0.4, 0.5) is 5.69 Å². The Morgan fingerprint density at radius 3 is 2.58 bits per heavy atom. The number of nitrogens with two attached hydrogens (primary N) is 1. The van der Waals surface area contributed by atoms with Gasteiger partial charge in [0.25, 0.3) is 5.91 Å². The zero-order valence-electron chi connectivity index (χ0n) is 14.3. The van der Waals surface area contributed by atoms with E-state index in [4.69, 9.17) is 10.2 Å². The highest BCUT2D eigenvalue weighted by atomic mass is 16.4. The van der Waals surface area contributed by atoms with Crippen LogP contribution in [-0.2, 0) is 4.79 Å². The minimum absolute atomic E-state index is 0.0153. The Morgan fingerprint density at radius 2 is 1.85 bits per heavy atom. The maximum Gasteiger partial charge on any atom is 0.349 e. The number of nitrogens with zero attached hydrogens (tertiary/aromatic N) is 1. The molecule has 0 unspecified atom stereocenters.